The number of hydrogen-bond acceptors (Lipinski definition) is 4. The molecule has 1 N–H and O–H groups in total. The zero-order valence-electron chi connectivity index (χ0n) is 13.7. The topological polar surface area (TPSA) is 54.9 Å². The summed E-state index contributed by atoms with van der Waals surface area (Å²) < 4.78 is 38.2. The molecule has 0 bridgehead atoms. The molecule has 2 aromatic rings. The minimum atomic E-state index is -4.51. The number of carbonyl (C=O) groups excluding carboxylic acids is 1. The average molecular weight is 390 g/mol. The maximum absolute atomic E-state index is 12.7. The summed E-state index contributed by atoms with van der Waals surface area (Å²) in [5, 5.41) is 2.85. The molecule has 9 heteroatoms. The van der Waals surface area contributed by atoms with Gasteiger partial charge in [0.2, 0.25) is 5.91 Å². The van der Waals surface area contributed by atoms with Gasteiger partial charge in [-0.2, -0.15) is 13.2 Å². The molecule has 4 nitrogen and oxygen atoms in total. The van der Waals surface area contributed by atoms with Gasteiger partial charge in [-0.1, -0.05) is 23.4 Å². The Morgan fingerprint density at radius 3 is 2.36 bits per heavy atom. The summed E-state index contributed by atoms with van der Waals surface area (Å²) in [7, 11) is 0. The zero-order chi connectivity index (χ0) is 18.8. The minimum absolute atomic E-state index is 0.0321. The van der Waals surface area contributed by atoms with Crippen molar-refractivity contribution in [3.05, 3.63) is 45.7 Å². The number of nitrogens with one attached hydrogen (secondary N) is 1. The smallest absolute Gasteiger partial charge is 0.324 e. The van der Waals surface area contributed by atoms with E-state index in [-0.39, 0.29) is 16.5 Å². The first-order valence-electron chi connectivity index (χ1n) is 7.19. The molecule has 0 saturated heterocycles. The highest BCUT2D eigenvalue weighted by Gasteiger charge is 2.31. The third-order valence-electron chi connectivity index (χ3n) is 3.51. The van der Waals surface area contributed by atoms with Gasteiger partial charge in [-0.3, -0.25) is 4.79 Å². The summed E-state index contributed by atoms with van der Waals surface area (Å²) >= 11 is 6.95. The Morgan fingerprint density at radius 2 is 1.80 bits per heavy atom. The van der Waals surface area contributed by atoms with Gasteiger partial charge >= 0.3 is 6.18 Å². The molecule has 0 unspecified atom stereocenters. The van der Waals surface area contributed by atoms with Crippen LogP contribution >= 0.6 is 23.4 Å². The molecule has 1 aromatic carbocycles. The van der Waals surface area contributed by atoms with Crippen molar-refractivity contribution in [3.8, 4) is 0 Å². The van der Waals surface area contributed by atoms with E-state index >= 15 is 0 Å². The van der Waals surface area contributed by atoms with E-state index in [1.54, 1.807) is 0 Å². The van der Waals surface area contributed by atoms with Crippen LogP contribution in [0.4, 0.5) is 18.9 Å². The molecule has 1 aromatic heterocycles. The van der Waals surface area contributed by atoms with Crippen LogP contribution in [-0.2, 0) is 11.0 Å². The van der Waals surface area contributed by atoms with Crippen molar-refractivity contribution in [1.82, 2.24) is 9.97 Å². The first-order valence-corrected chi connectivity index (χ1v) is 8.55. The summed E-state index contributed by atoms with van der Waals surface area (Å²) in [6.07, 6.45) is -4.51. The number of halogens is 4. The maximum Gasteiger partial charge on any atom is 0.416 e. The molecule has 0 aliphatic heterocycles. The van der Waals surface area contributed by atoms with Crippen LogP contribution in [0.3, 0.4) is 0 Å². The number of aromatic nitrogens is 2. The highest BCUT2D eigenvalue weighted by molar-refractivity contribution is 7.99. The highest BCUT2D eigenvalue weighted by atomic mass is 35.5. The second-order valence-electron chi connectivity index (χ2n) is 5.33. The van der Waals surface area contributed by atoms with Gasteiger partial charge in [-0.15, -0.1) is 0 Å². The summed E-state index contributed by atoms with van der Waals surface area (Å²) in [6.45, 7) is 5.59. The second-order valence-corrected chi connectivity index (χ2v) is 6.68. The van der Waals surface area contributed by atoms with Crippen molar-refractivity contribution >= 4 is 35.0 Å². The van der Waals surface area contributed by atoms with Crippen LogP contribution in [0.15, 0.2) is 23.4 Å². The molecule has 2 rings (SSSR count). The van der Waals surface area contributed by atoms with E-state index in [0.29, 0.717) is 5.16 Å². The molecular formula is C16H15ClF3N3OS. The Morgan fingerprint density at radius 1 is 1.20 bits per heavy atom. The molecule has 0 spiro atoms. The third kappa shape index (κ3) is 5.09. The highest BCUT2D eigenvalue weighted by Crippen LogP contribution is 2.33. The fourth-order valence-corrected chi connectivity index (χ4v) is 2.82. The van der Waals surface area contributed by atoms with Gasteiger partial charge in [0.15, 0.2) is 5.16 Å². The standard InChI is InChI=1S/C16H15ClF3N3OS/c1-8-9(2)21-15(22-10(8)3)25-7-14(24)23-13-6-11(16(18,19)20)4-5-12(13)17/h4-6H,7H2,1-3H3,(H,23,24). The van der Waals surface area contributed by atoms with Crippen molar-refractivity contribution in [3.63, 3.8) is 0 Å². The van der Waals surface area contributed by atoms with Crippen LogP contribution in [-0.4, -0.2) is 21.6 Å². The first kappa shape index (κ1) is 19.5. The largest absolute Gasteiger partial charge is 0.416 e. The van der Waals surface area contributed by atoms with E-state index in [9.17, 15) is 18.0 Å². The van der Waals surface area contributed by atoms with Crippen LogP contribution in [0, 0.1) is 20.8 Å². The number of alkyl halides is 3. The molecule has 1 heterocycles. The SMILES string of the molecule is Cc1nc(SCC(=O)Nc2cc(C(F)(F)F)ccc2Cl)nc(C)c1C. The average Bonchev–Trinajstić information content (AvgIpc) is 2.51. The molecule has 134 valence electrons. The number of thioether (sulfide) groups is 1. The Labute approximate surface area is 152 Å². The van der Waals surface area contributed by atoms with Gasteiger partial charge in [-0.05, 0) is 44.5 Å². The molecule has 25 heavy (non-hydrogen) atoms. The van der Waals surface area contributed by atoms with Gasteiger partial charge in [0.1, 0.15) is 0 Å². The number of anilines is 1. The molecule has 0 aliphatic rings. The number of carbonyl (C=O) groups is 1. The molecular weight excluding hydrogens is 375 g/mol. The van der Waals surface area contributed by atoms with Crippen LogP contribution in [0.1, 0.15) is 22.5 Å². The van der Waals surface area contributed by atoms with E-state index in [1.807, 2.05) is 20.8 Å². The van der Waals surface area contributed by atoms with Gasteiger partial charge < -0.3 is 5.32 Å². The van der Waals surface area contributed by atoms with Gasteiger partial charge in [0.05, 0.1) is 22.0 Å². The molecule has 0 atom stereocenters. The Kier molecular flexibility index (Phi) is 5.95. The lowest BCUT2D eigenvalue weighted by Crippen LogP contribution is -2.16. The quantitative estimate of drug-likeness (QED) is 0.602. The Bertz CT molecular complexity index is 789. The van der Waals surface area contributed by atoms with Crippen molar-refractivity contribution in [1.29, 1.82) is 0 Å². The van der Waals surface area contributed by atoms with Crippen molar-refractivity contribution in [2.45, 2.75) is 32.1 Å². The zero-order valence-corrected chi connectivity index (χ0v) is 15.2. The van der Waals surface area contributed by atoms with Gasteiger partial charge in [0, 0.05) is 11.4 Å². The second kappa shape index (κ2) is 7.61. The van der Waals surface area contributed by atoms with Gasteiger partial charge in [0.25, 0.3) is 0 Å². The van der Waals surface area contributed by atoms with Crippen molar-refractivity contribution in [2.24, 2.45) is 0 Å². The molecule has 0 fully saturated rings. The molecule has 0 aliphatic carbocycles. The first-order chi connectivity index (χ1) is 11.6. The summed E-state index contributed by atoms with van der Waals surface area (Å²) in [5.41, 5.74) is 1.64. The van der Waals surface area contributed by atoms with Crippen LogP contribution in [0.2, 0.25) is 5.02 Å². The van der Waals surface area contributed by atoms with E-state index < -0.39 is 17.6 Å². The predicted octanol–water partition coefficient (Wildman–Crippen LogP) is 4.80. The summed E-state index contributed by atoms with van der Waals surface area (Å²) in [5.74, 6) is -0.542. The van der Waals surface area contributed by atoms with E-state index in [0.717, 1.165) is 46.9 Å². The predicted molar refractivity (Wildman–Crippen MR) is 92.1 cm³/mol. The number of hydrogen-bond donors (Lipinski definition) is 1. The molecule has 0 saturated carbocycles. The number of rotatable bonds is 4. The number of benzene rings is 1. The fourth-order valence-electron chi connectivity index (χ4n) is 1.92. The summed E-state index contributed by atoms with van der Waals surface area (Å²) in [4.78, 5) is 20.6. The Balaban J connectivity index is 2.06. The van der Waals surface area contributed by atoms with E-state index in [2.05, 4.69) is 15.3 Å². The number of aryl methyl sites for hydroxylation is 2. The molecule has 1 amide bonds. The minimum Gasteiger partial charge on any atom is -0.324 e. The summed E-state index contributed by atoms with van der Waals surface area (Å²) in [6, 6.07) is 2.77. The van der Waals surface area contributed by atoms with E-state index in [4.69, 9.17) is 11.6 Å². The third-order valence-corrected chi connectivity index (χ3v) is 4.69. The van der Waals surface area contributed by atoms with E-state index in [1.165, 1.54) is 0 Å². The van der Waals surface area contributed by atoms with Crippen LogP contribution in [0.5, 0.6) is 0 Å². The van der Waals surface area contributed by atoms with Gasteiger partial charge in [-0.25, -0.2) is 9.97 Å². The maximum atomic E-state index is 12.7. The van der Waals surface area contributed by atoms with Crippen LogP contribution < -0.4 is 5.32 Å². The fraction of sp³-hybridized carbons (Fsp3) is 0.312. The normalized spacial score (nSPS) is 11.5. The lowest BCUT2D eigenvalue weighted by atomic mass is 10.2. The monoisotopic (exact) mass is 389 g/mol. The molecule has 0 radical (unpaired) electrons. The number of amides is 1. The number of nitrogens with zero attached hydrogens (tertiary/aromatic N) is 2. The van der Waals surface area contributed by atoms with Crippen molar-refractivity contribution in [2.75, 3.05) is 11.1 Å². The Hall–Kier alpha value is -1.80. The van der Waals surface area contributed by atoms with Crippen LogP contribution in [0.25, 0.3) is 0 Å². The lowest BCUT2D eigenvalue weighted by molar-refractivity contribution is -0.137. The van der Waals surface area contributed by atoms with Crippen molar-refractivity contribution < 1.29 is 18.0 Å². The lowest BCUT2D eigenvalue weighted by Gasteiger charge is -2.11.